The van der Waals surface area contributed by atoms with Crippen molar-refractivity contribution in [2.24, 2.45) is 0 Å². The molecule has 4 nitrogen and oxygen atoms in total. The molecule has 1 saturated carbocycles. The summed E-state index contributed by atoms with van der Waals surface area (Å²) in [6.07, 6.45) is 2.33. The van der Waals surface area contributed by atoms with Gasteiger partial charge in [-0.05, 0) is 60.3 Å². The van der Waals surface area contributed by atoms with E-state index in [2.05, 4.69) is 50.3 Å². The molecule has 3 rings (SSSR count). The lowest BCUT2D eigenvalue weighted by atomic mass is 10.2. The standard InChI is InChI=1S/C15H17BrN4/c1-8-3-6-12(11(16)7-8)18-14-9(2)13(17)19-15(20-14)10-4-5-10/h3,6-7,10H,4-5H2,1-2H3,(H3,17,18,19,20). The zero-order valence-electron chi connectivity index (χ0n) is 11.6. The van der Waals surface area contributed by atoms with Gasteiger partial charge in [-0.25, -0.2) is 9.97 Å². The Morgan fingerprint density at radius 1 is 1.25 bits per heavy atom. The van der Waals surface area contributed by atoms with Crippen LogP contribution in [0.3, 0.4) is 0 Å². The topological polar surface area (TPSA) is 63.8 Å². The van der Waals surface area contributed by atoms with E-state index in [-0.39, 0.29) is 0 Å². The van der Waals surface area contributed by atoms with E-state index in [0.717, 1.165) is 40.2 Å². The fourth-order valence-electron chi connectivity index (χ4n) is 2.05. The van der Waals surface area contributed by atoms with Crippen LogP contribution in [-0.4, -0.2) is 9.97 Å². The minimum atomic E-state index is 0.486. The molecule has 0 spiro atoms. The van der Waals surface area contributed by atoms with Gasteiger partial charge in [-0.3, -0.25) is 0 Å². The number of nitrogens with one attached hydrogen (secondary N) is 1. The number of hydrogen-bond donors (Lipinski definition) is 2. The van der Waals surface area contributed by atoms with Crippen LogP contribution in [0.25, 0.3) is 0 Å². The summed E-state index contributed by atoms with van der Waals surface area (Å²) in [4.78, 5) is 9.02. The third-order valence-electron chi connectivity index (χ3n) is 3.52. The summed E-state index contributed by atoms with van der Waals surface area (Å²) in [6, 6.07) is 6.17. The molecule has 1 heterocycles. The number of benzene rings is 1. The lowest BCUT2D eigenvalue weighted by Crippen LogP contribution is -2.06. The van der Waals surface area contributed by atoms with Crippen LogP contribution in [0.15, 0.2) is 22.7 Å². The number of hydrogen-bond acceptors (Lipinski definition) is 4. The van der Waals surface area contributed by atoms with Gasteiger partial charge in [0.2, 0.25) is 0 Å². The average molecular weight is 333 g/mol. The van der Waals surface area contributed by atoms with Crippen molar-refractivity contribution in [1.29, 1.82) is 0 Å². The van der Waals surface area contributed by atoms with Crippen LogP contribution in [0.2, 0.25) is 0 Å². The van der Waals surface area contributed by atoms with Crippen LogP contribution in [0.4, 0.5) is 17.3 Å². The lowest BCUT2D eigenvalue weighted by Gasteiger charge is -2.13. The first-order valence-corrected chi connectivity index (χ1v) is 7.51. The highest BCUT2D eigenvalue weighted by Gasteiger charge is 2.28. The highest BCUT2D eigenvalue weighted by Crippen LogP contribution is 2.39. The summed E-state index contributed by atoms with van der Waals surface area (Å²) < 4.78 is 1.02. The van der Waals surface area contributed by atoms with Gasteiger partial charge in [0.1, 0.15) is 17.5 Å². The van der Waals surface area contributed by atoms with Gasteiger partial charge >= 0.3 is 0 Å². The third-order valence-corrected chi connectivity index (χ3v) is 4.18. The normalized spacial score (nSPS) is 14.3. The lowest BCUT2D eigenvalue weighted by molar-refractivity contribution is 0.927. The molecule has 1 aliphatic carbocycles. The molecule has 3 N–H and O–H groups in total. The van der Waals surface area contributed by atoms with Crippen LogP contribution in [-0.2, 0) is 0 Å². The summed E-state index contributed by atoms with van der Waals surface area (Å²) in [5, 5.41) is 3.35. The van der Waals surface area contributed by atoms with Crippen molar-refractivity contribution >= 4 is 33.3 Å². The minimum Gasteiger partial charge on any atom is -0.383 e. The van der Waals surface area contributed by atoms with Gasteiger partial charge in [0.25, 0.3) is 0 Å². The van der Waals surface area contributed by atoms with Crippen molar-refractivity contribution in [1.82, 2.24) is 9.97 Å². The molecule has 5 heteroatoms. The molecule has 0 unspecified atom stereocenters. The number of aryl methyl sites for hydroxylation is 1. The Morgan fingerprint density at radius 3 is 2.65 bits per heavy atom. The van der Waals surface area contributed by atoms with Gasteiger partial charge < -0.3 is 11.1 Å². The Hall–Kier alpha value is -1.62. The van der Waals surface area contributed by atoms with Crippen LogP contribution in [0.5, 0.6) is 0 Å². The molecular weight excluding hydrogens is 316 g/mol. The molecule has 104 valence electrons. The second kappa shape index (κ2) is 5.05. The molecule has 1 aliphatic rings. The predicted octanol–water partition coefficient (Wildman–Crippen LogP) is 4.06. The van der Waals surface area contributed by atoms with Crippen molar-refractivity contribution in [2.45, 2.75) is 32.6 Å². The Kier molecular flexibility index (Phi) is 3.38. The number of nitrogens with two attached hydrogens (primary N) is 1. The molecule has 1 fully saturated rings. The van der Waals surface area contributed by atoms with Crippen molar-refractivity contribution in [2.75, 3.05) is 11.1 Å². The monoisotopic (exact) mass is 332 g/mol. The molecule has 20 heavy (non-hydrogen) atoms. The van der Waals surface area contributed by atoms with Crippen molar-refractivity contribution < 1.29 is 0 Å². The van der Waals surface area contributed by atoms with E-state index in [1.54, 1.807) is 0 Å². The molecule has 1 aromatic carbocycles. The third kappa shape index (κ3) is 2.63. The summed E-state index contributed by atoms with van der Waals surface area (Å²) in [6.45, 7) is 4.00. The van der Waals surface area contributed by atoms with Crippen molar-refractivity contribution in [3.8, 4) is 0 Å². The zero-order chi connectivity index (χ0) is 14.3. The number of rotatable bonds is 3. The fourth-order valence-corrected chi connectivity index (χ4v) is 2.64. The second-order valence-electron chi connectivity index (χ2n) is 5.32. The molecule has 0 atom stereocenters. The minimum absolute atomic E-state index is 0.486. The van der Waals surface area contributed by atoms with Crippen LogP contribution in [0.1, 0.15) is 35.7 Å². The Labute approximate surface area is 127 Å². The molecule has 0 radical (unpaired) electrons. The van der Waals surface area contributed by atoms with Gasteiger partial charge in [-0.1, -0.05) is 6.07 Å². The molecule has 0 aliphatic heterocycles. The predicted molar refractivity (Wildman–Crippen MR) is 85.3 cm³/mol. The highest BCUT2D eigenvalue weighted by molar-refractivity contribution is 9.10. The largest absolute Gasteiger partial charge is 0.383 e. The summed E-state index contributed by atoms with van der Waals surface area (Å²) in [5.41, 5.74) is 9.08. The van der Waals surface area contributed by atoms with E-state index in [0.29, 0.717) is 11.7 Å². The van der Waals surface area contributed by atoms with E-state index in [4.69, 9.17) is 5.73 Å². The molecule has 0 saturated heterocycles. The fraction of sp³-hybridized carbons (Fsp3) is 0.333. The van der Waals surface area contributed by atoms with E-state index in [9.17, 15) is 0 Å². The Balaban J connectivity index is 1.97. The molecular formula is C15H17BrN4. The van der Waals surface area contributed by atoms with Crippen LogP contribution >= 0.6 is 15.9 Å². The number of nitrogen functional groups attached to an aromatic ring is 1. The van der Waals surface area contributed by atoms with Crippen molar-refractivity contribution in [3.05, 3.63) is 39.6 Å². The first kappa shape index (κ1) is 13.4. The van der Waals surface area contributed by atoms with Gasteiger partial charge in [0, 0.05) is 16.0 Å². The van der Waals surface area contributed by atoms with Gasteiger partial charge in [-0.2, -0.15) is 0 Å². The Bertz CT molecular complexity index is 665. The second-order valence-corrected chi connectivity index (χ2v) is 6.18. The zero-order valence-corrected chi connectivity index (χ0v) is 13.2. The maximum Gasteiger partial charge on any atom is 0.139 e. The smallest absolute Gasteiger partial charge is 0.139 e. The summed E-state index contributed by atoms with van der Waals surface area (Å²) >= 11 is 3.57. The molecule has 2 aromatic rings. The molecule has 0 bridgehead atoms. The summed E-state index contributed by atoms with van der Waals surface area (Å²) in [7, 11) is 0. The van der Waals surface area contributed by atoms with Gasteiger partial charge in [0.05, 0.1) is 5.69 Å². The number of aromatic nitrogens is 2. The molecule has 0 amide bonds. The van der Waals surface area contributed by atoms with E-state index in [1.165, 1.54) is 5.56 Å². The maximum absolute atomic E-state index is 6.00. The van der Waals surface area contributed by atoms with E-state index < -0.39 is 0 Å². The van der Waals surface area contributed by atoms with Gasteiger partial charge in [-0.15, -0.1) is 0 Å². The summed E-state index contributed by atoms with van der Waals surface area (Å²) in [5.74, 6) is 2.70. The van der Waals surface area contributed by atoms with E-state index in [1.807, 2.05) is 13.0 Å². The first-order valence-electron chi connectivity index (χ1n) is 6.72. The van der Waals surface area contributed by atoms with Gasteiger partial charge in [0.15, 0.2) is 0 Å². The van der Waals surface area contributed by atoms with Crippen LogP contribution < -0.4 is 11.1 Å². The van der Waals surface area contributed by atoms with Crippen molar-refractivity contribution in [3.63, 3.8) is 0 Å². The molecule has 1 aromatic heterocycles. The average Bonchev–Trinajstić information content (AvgIpc) is 3.22. The number of nitrogens with zero attached hydrogens (tertiary/aromatic N) is 2. The Morgan fingerprint density at radius 2 is 2.00 bits per heavy atom. The number of halogens is 1. The van der Waals surface area contributed by atoms with Crippen LogP contribution in [0, 0.1) is 13.8 Å². The SMILES string of the molecule is Cc1ccc(Nc2nc(C3CC3)nc(N)c2C)c(Br)c1. The highest BCUT2D eigenvalue weighted by atomic mass is 79.9. The first-order chi connectivity index (χ1) is 9.54. The maximum atomic E-state index is 6.00. The quantitative estimate of drug-likeness (QED) is 0.889. The number of anilines is 3. The van der Waals surface area contributed by atoms with E-state index >= 15 is 0 Å².